The van der Waals surface area contributed by atoms with Crippen molar-refractivity contribution in [3.8, 4) is 5.75 Å². The topological polar surface area (TPSA) is 86.5 Å². The first kappa shape index (κ1) is 25.2. The second-order valence-electron chi connectivity index (χ2n) is 9.39. The lowest BCUT2D eigenvalue weighted by molar-refractivity contribution is -0.695. The number of aliphatic hydroxyl groups is 1. The Kier molecular flexibility index (Phi) is 7.88. The summed E-state index contributed by atoms with van der Waals surface area (Å²) in [6.45, 7) is 7.96. The van der Waals surface area contributed by atoms with E-state index in [0.717, 1.165) is 12.0 Å². The van der Waals surface area contributed by atoms with Gasteiger partial charge in [-0.1, -0.05) is 45.0 Å². The quantitative estimate of drug-likeness (QED) is 0.187. The van der Waals surface area contributed by atoms with Crippen molar-refractivity contribution in [3.63, 3.8) is 0 Å². The van der Waals surface area contributed by atoms with E-state index in [0.29, 0.717) is 43.3 Å². The van der Waals surface area contributed by atoms with Crippen molar-refractivity contribution in [3.05, 3.63) is 89.5 Å². The number of rotatable bonds is 10. The Balaban J connectivity index is 1.69. The highest BCUT2D eigenvalue weighted by Crippen LogP contribution is 2.40. The molecule has 1 saturated heterocycles. The minimum absolute atomic E-state index is 0.119. The van der Waals surface area contributed by atoms with Crippen molar-refractivity contribution in [2.24, 2.45) is 0 Å². The van der Waals surface area contributed by atoms with Gasteiger partial charge in [-0.25, -0.2) is 4.57 Å². The summed E-state index contributed by atoms with van der Waals surface area (Å²) in [4.78, 5) is 31.0. The number of aromatic amines is 1. The second kappa shape index (κ2) is 11.2. The van der Waals surface area contributed by atoms with Crippen LogP contribution in [0, 0.1) is 0 Å². The van der Waals surface area contributed by atoms with Gasteiger partial charge in [0.1, 0.15) is 23.9 Å². The van der Waals surface area contributed by atoms with Crippen molar-refractivity contribution < 1.29 is 24.0 Å². The SMILES string of the molecule is CCCOc1ccc(C(O)=C2C(=O)C(=O)N(CCC[n+]3cc[nH]c3)C2c2ccc(C(C)C)cc2)cc1. The molecule has 2 aromatic carbocycles. The molecular formula is C29H34N3O4+. The Hall–Kier alpha value is -3.87. The van der Waals surface area contributed by atoms with E-state index in [1.54, 1.807) is 29.2 Å². The molecular weight excluding hydrogens is 454 g/mol. The molecule has 1 unspecified atom stereocenters. The molecule has 4 rings (SSSR count). The number of H-pyrrole nitrogens is 1. The van der Waals surface area contributed by atoms with E-state index >= 15 is 0 Å². The van der Waals surface area contributed by atoms with Crippen molar-refractivity contribution in [1.82, 2.24) is 9.88 Å². The maximum absolute atomic E-state index is 13.2. The molecule has 7 heteroatoms. The largest absolute Gasteiger partial charge is 0.507 e. The Labute approximate surface area is 212 Å². The summed E-state index contributed by atoms with van der Waals surface area (Å²) >= 11 is 0. The number of carbonyl (C=O) groups excluding carboxylic acids is 2. The van der Waals surface area contributed by atoms with Gasteiger partial charge in [0.05, 0.1) is 24.8 Å². The summed E-state index contributed by atoms with van der Waals surface area (Å²) in [6, 6.07) is 14.3. The fraction of sp³-hybridized carbons (Fsp3) is 0.345. The van der Waals surface area contributed by atoms with Crippen molar-refractivity contribution in [2.45, 2.75) is 52.1 Å². The molecule has 2 heterocycles. The van der Waals surface area contributed by atoms with Crippen molar-refractivity contribution in [1.29, 1.82) is 0 Å². The minimum Gasteiger partial charge on any atom is -0.507 e. The van der Waals surface area contributed by atoms with Gasteiger partial charge in [-0.15, -0.1) is 0 Å². The Morgan fingerprint density at radius 3 is 2.44 bits per heavy atom. The molecule has 188 valence electrons. The first-order valence-corrected chi connectivity index (χ1v) is 12.5. The van der Waals surface area contributed by atoms with Crippen LogP contribution < -0.4 is 9.30 Å². The molecule has 0 saturated carbocycles. The molecule has 1 atom stereocenters. The molecule has 3 aromatic rings. The van der Waals surface area contributed by atoms with Crippen LogP contribution in [-0.4, -0.2) is 39.8 Å². The number of hydrogen-bond donors (Lipinski definition) is 2. The summed E-state index contributed by atoms with van der Waals surface area (Å²) in [7, 11) is 0. The molecule has 1 aromatic heterocycles. The maximum atomic E-state index is 13.2. The number of aryl methyl sites for hydroxylation is 1. The molecule has 0 aliphatic carbocycles. The van der Waals surface area contributed by atoms with Crippen molar-refractivity contribution >= 4 is 17.4 Å². The third kappa shape index (κ3) is 5.35. The van der Waals surface area contributed by atoms with Crippen LogP contribution in [0.3, 0.4) is 0 Å². The third-order valence-corrected chi connectivity index (χ3v) is 6.48. The van der Waals surface area contributed by atoms with Crippen LogP contribution in [0.5, 0.6) is 5.75 Å². The van der Waals surface area contributed by atoms with Gasteiger partial charge in [-0.2, -0.15) is 0 Å². The van der Waals surface area contributed by atoms with Crippen LogP contribution in [0.2, 0.25) is 0 Å². The number of ether oxygens (including phenoxy) is 1. The number of nitrogens with zero attached hydrogens (tertiary/aromatic N) is 2. The number of aromatic nitrogens is 2. The Bertz CT molecular complexity index is 1210. The Morgan fingerprint density at radius 2 is 1.83 bits per heavy atom. The predicted molar refractivity (Wildman–Crippen MR) is 137 cm³/mol. The summed E-state index contributed by atoms with van der Waals surface area (Å²) in [6.07, 6.45) is 7.16. The molecule has 0 bridgehead atoms. The van der Waals surface area contributed by atoms with Crippen LogP contribution in [-0.2, 0) is 16.1 Å². The number of benzene rings is 2. The summed E-state index contributed by atoms with van der Waals surface area (Å²) in [5.74, 6) is -0.368. The fourth-order valence-electron chi connectivity index (χ4n) is 4.49. The standard InChI is InChI=1S/C29H33N3O4/c1-4-18-36-24-12-10-23(11-13-24)27(33)25-26(22-8-6-21(7-9-22)20(2)3)32(29(35)28(25)34)16-5-15-31-17-14-30-19-31/h6-14,17,19-20,26H,4-5,15-16,18H2,1-3H3,(H,33,34)/p+1. The number of imidazole rings is 1. The molecule has 1 fully saturated rings. The molecule has 1 aliphatic rings. The lowest BCUT2D eigenvalue weighted by Gasteiger charge is -2.25. The van der Waals surface area contributed by atoms with Crippen molar-refractivity contribution in [2.75, 3.05) is 13.2 Å². The van der Waals surface area contributed by atoms with Crippen LogP contribution in [0.4, 0.5) is 0 Å². The number of amides is 1. The number of carbonyl (C=O) groups is 2. The monoisotopic (exact) mass is 488 g/mol. The lowest BCUT2D eigenvalue weighted by atomic mass is 9.93. The molecule has 1 aliphatic heterocycles. The normalized spacial score (nSPS) is 17.2. The minimum atomic E-state index is -0.661. The van der Waals surface area contributed by atoms with E-state index in [9.17, 15) is 14.7 Å². The van der Waals surface area contributed by atoms with Gasteiger partial charge < -0.3 is 14.7 Å². The number of likely N-dealkylation sites (tertiary alicyclic amines) is 1. The number of Topliss-reactive ketones (excluding diaryl/α,β-unsaturated/α-hetero) is 1. The predicted octanol–water partition coefficient (Wildman–Crippen LogP) is 4.73. The first-order chi connectivity index (χ1) is 17.4. The van der Waals surface area contributed by atoms with Crippen LogP contribution in [0.15, 0.2) is 72.8 Å². The van der Waals surface area contributed by atoms with Gasteiger partial charge in [-0.05, 0) is 47.7 Å². The van der Waals surface area contributed by atoms with Gasteiger partial charge in [-0.3, -0.25) is 14.6 Å². The van der Waals surface area contributed by atoms with Gasteiger partial charge >= 0.3 is 0 Å². The molecule has 2 N–H and O–H groups in total. The van der Waals surface area contributed by atoms with Gasteiger partial charge in [0.2, 0.25) is 6.33 Å². The molecule has 0 radical (unpaired) electrons. The maximum Gasteiger partial charge on any atom is 0.295 e. The van der Waals surface area contributed by atoms with E-state index in [2.05, 4.69) is 18.8 Å². The fourth-order valence-corrected chi connectivity index (χ4v) is 4.49. The lowest BCUT2D eigenvalue weighted by Crippen LogP contribution is -2.36. The number of nitrogens with one attached hydrogen (secondary N) is 1. The highest BCUT2D eigenvalue weighted by atomic mass is 16.5. The number of ketones is 1. The third-order valence-electron chi connectivity index (χ3n) is 6.48. The second-order valence-corrected chi connectivity index (χ2v) is 9.39. The van der Waals surface area contributed by atoms with Crippen LogP contribution >= 0.6 is 0 Å². The highest BCUT2D eigenvalue weighted by Gasteiger charge is 2.45. The number of hydrogen-bond acceptors (Lipinski definition) is 4. The summed E-state index contributed by atoms with van der Waals surface area (Å²) < 4.78 is 7.63. The van der Waals surface area contributed by atoms with Gasteiger partial charge in [0, 0.05) is 18.5 Å². The zero-order valence-electron chi connectivity index (χ0n) is 21.1. The smallest absolute Gasteiger partial charge is 0.295 e. The van der Waals surface area contributed by atoms with E-state index in [1.165, 1.54) is 5.56 Å². The van der Waals surface area contributed by atoms with Crippen LogP contribution in [0.25, 0.3) is 5.76 Å². The first-order valence-electron chi connectivity index (χ1n) is 12.5. The van der Waals surface area contributed by atoms with Crippen LogP contribution in [0.1, 0.15) is 62.3 Å². The van der Waals surface area contributed by atoms with Gasteiger partial charge in [0.25, 0.3) is 11.7 Å². The van der Waals surface area contributed by atoms with E-state index < -0.39 is 17.7 Å². The Morgan fingerprint density at radius 1 is 1.11 bits per heavy atom. The molecule has 1 amide bonds. The molecule has 7 nitrogen and oxygen atoms in total. The molecule has 0 spiro atoms. The van der Waals surface area contributed by atoms with E-state index in [1.807, 2.05) is 54.5 Å². The average molecular weight is 489 g/mol. The molecule has 36 heavy (non-hydrogen) atoms. The zero-order chi connectivity index (χ0) is 25.7. The van der Waals surface area contributed by atoms with E-state index in [-0.39, 0.29) is 11.3 Å². The highest BCUT2D eigenvalue weighted by molar-refractivity contribution is 6.46. The summed E-state index contributed by atoms with van der Waals surface area (Å²) in [5, 5.41) is 11.3. The average Bonchev–Trinajstić information content (AvgIpc) is 3.50. The zero-order valence-corrected chi connectivity index (χ0v) is 21.1. The summed E-state index contributed by atoms with van der Waals surface area (Å²) in [5.41, 5.74) is 2.57. The van der Waals surface area contributed by atoms with Gasteiger partial charge in [0.15, 0.2) is 0 Å². The number of aliphatic hydroxyl groups excluding tert-OH is 1. The van der Waals surface area contributed by atoms with E-state index in [4.69, 9.17) is 4.74 Å².